The van der Waals surface area contributed by atoms with Crippen LogP contribution in [0.1, 0.15) is 22.1 Å². The number of halogens is 1. The third kappa shape index (κ3) is 3.78. The predicted molar refractivity (Wildman–Crippen MR) is 90.3 cm³/mol. The normalized spacial score (nSPS) is 11.0. The van der Waals surface area contributed by atoms with E-state index in [0.717, 1.165) is 15.8 Å². The zero-order chi connectivity index (χ0) is 16.2. The van der Waals surface area contributed by atoms with E-state index in [0.29, 0.717) is 11.5 Å². The van der Waals surface area contributed by atoms with Crippen molar-refractivity contribution < 1.29 is 13.6 Å². The van der Waals surface area contributed by atoms with Gasteiger partial charge in [0, 0.05) is 10.0 Å². The van der Waals surface area contributed by atoms with Gasteiger partial charge < -0.3 is 8.83 Å². The van der Waals surface area contributed by atoms with Gasteiger partial charge in [-0.15, -0.1) is 0 Å². The predicted octanol–water partition coefficient (Wildman–Crippen LogP) is 4.37. The van der Waals surface area contributed by atoms with Crippen LogP contribution in [0, 0.1) is 6.92 Å². The summed E-state index contributed by atoms with van der Waals surface area (Å²) in [5.41, 5.74) is 3.35. The highest BCUT2D eigenvalue weighted by molar-refractivity contribution is 9.10. The molecule has 3 aromatic rings. The van der Waals surface area contributed by atoms with E-state index in [9.17, 15) is 4.79 Å². The molecule has 1 aromatic carbocycles. The highest BCUT2D eigenvalue weighted by Crippen LogP contribution is 2.23. The summed E-state index contributed by atoms with van der Waals surface area (Å²) in [6.45, 7) is 1.77. The number of rotatable bonds is 4. The quantitative estimate of drug-likeness (QED) is 0.545. The lowest BCUT2D eigenvalue weighted by molar-refractivity contribution is 0.0926. The summed E-state index contributed by atoms with van der Waals surface area (Å²) in [5.74, 6) is 1.75. The standard InChI is InChI=1S/C17H13BrN2O3/c1-11-2-8-16(22-11)17(21)20-19-10-14-7-9-15(23-14)12-3-5-13(18)6-4-12/h2-10H,1H3,(H,20,21). The van der Waals surface area contributed by atoms with Crippen molar-refractivity contribution in [3.05, 3.63) is 70.3 Å². The third-order valence-corrected chi connectivity index (χ3v) is 3.61. The molecule has 1 amide bonds. The maximum Gasteiger partial charge on any atom is 0.307 e. The van der Waals surface area contributed by atoms with Gasteiger partial charge in [-0.3, -0.25) is 4.79 Å². The number of nitrogens with one attached hydrogen (secondary N) is 1. The number of hydrazone groups is 1. The van der Waals surface area contributed by atoms with Crippen LogP contribution in [0.5, 0.6) is 0 Å². The van der Waals surface area contributed by atoms with Crippen LogP contribution in [0.15, 0.2) is 66.9 Å². The second-order valence-corrected chi connectivity index (χ2v) is 5.73. The first-order chi connectivity index (χ1) is 11.1. The van der Waals surface area contributed by atoms with Gasteiger partial charge in [0.05, 0.1) is 6.21 Å². The van der Waals surface area contributed by atoms with Crippen LogP contribution in [0.4, 0.5) is 0 Å². The highest BCUT2D eigenvalue weighted by Gasteiger charge is 2.08. The molecule has 0 spiro atoms. The summed E-state index contributed by atoms with van der Waals surface area (Å²) in [6.07, 6.45) is 1.44. The minimum absolute atomic E-state index is 0.217. The minimum Gasteiger partial charge on any atom is -0.456 e. The van der Waals surface area contributed by atoms with Crippen LogP contribution in [0.3, 0.4) is 0 Å². The number of furan rings is 2. The van der Waals surface area contributed by atoms with Crippen molar-refractivity contribution in [2.45, 2.75) is 6.92 Å². The molecule has 0 unspecified atom stereocenters. The Kier molecular flexibility index (Phi) is 4.43. The van der Waals surface area contributed by atoms with Crippen LogP contribution in [0.2, 0.25) is 0 Å². The number of carbonyl (C=O) groups excluding carboxylic acids is 1. The molecule has 0 saturated heterocycles. The van der Waals surface area contributed by atoms with Gasteiger partial charge in [-0.05, 0) is 43.3 Å². The zero-order valence-electron chi connectivity index (χ0n) is 12.2. The second-order valence-electron chi connectivity index (χ2n) is 4.82. The molecular weight excluding hydrogens is 360 g/mol. The number of carbonyl (C=O) groups is 1. The van der Waals surface area contributed by atoms with Gasteiger partial charge in [-0.25, -0.2) is 5.43 Å². The van der Waals surface area contributed by atoms with E-state index in [-0.39, 0.29) is 5.76 Å². The van der Waals surface area contributed by atoms with Gasteiger partial charge in [-0.2, -0.15) is 5.10 Å². The molecule has 5 nitrogen and oxygen atoms in total. The molecule has 0 atom stereocenters. The Balaban J connectivity index is 1.64. The summed E-state index contributed by atoms with van der Waals surface area (Å²) < 4.78 is 11.9. The van der Waals surface area contributed by atoms with Crippen molar-refractivity contribution in [2.24, 2.45) is 5.10 Å². The molecule has 0 bridgehead atoms. The average molecular weight is 373 g/mol. The molecule has 0 fully saturated rings. The van der Waals surface area contributed by atoms with Gasteiger partial charge in [0.25, 0.3) is 0 Å². The molecule has 6 heteroatoms. The van der Waals surface area contributed by atoms with E-state index >= 15 is 0 Å². The molecule has 0 aliphatic heterocycles. The summed E-state index contributed by atoms with van der Waals surface area (Å²) >= 11 is 3.39. The van der Waals surface area contributed by atoms with Crippen molar-refractivity contribution in [1.82, 2.24) is 5.43 Å². The number of hydrogen-bond acceptors (Lipinski definition) is 4. The number of amides is 1. The summed E-state index contributed by atoms with van der Waals surface area (Å²) in [5, 5.41) is 3.86. The topological polar surface area (TPSA) is 67.7 Å². The Morgan fingerprint density at radius 2 is 1.87 bits per heavy atom. The van der Waals surface area contributed by atoms with Crippen LogP contribution < -0.4 is 5.43 Å². The van der Waals surface area contributed by atoms with Crippen LogP contribution in [-0.2, 0) is 0 Å². The van der Waals surface area contributed by atoms with Gasteiger partial charge in [0.1, 0.15) is 17.3 Å². The average Bonchev–Trinajstić information content (AvgIpc) is 3.17. The lowest BCUT2D eigenvalue weighted by Crippen LogP contribution is -2.16. The van der Waals surface area contributed by atoms with E-state index in [2.05, 4.69) is 26.5 Å². The van der Waals surface area contributed by atoms with Crippen molar-refractivity contribution in [1.29, 1.82) is 0 Å². The number of aryl methyl sites for hydroxylation is 1. The fraction of sp³-hybridized carbons (Fsp3) is 0.0588. The van der Waals surface area contributed by atoms with Gasteiger partial charge in [0.2, 0.25) is 0 Å². The lowest BCUT2D eigenvalue weighted by Gasteiger charge is -1.96. The van der Waals surface area contributed by atoms with Gasteiger partial charge in [-0.1, -0.05) is 28.1 Å². The smallest absolute Gasteiger partial charge is 0.307 e. The third-order valence-electron chi connectivity index (χ3n) is 3.08. The maximum absolute atomic E-state index is 11.8. The monoisotopic (exact) mass is 372 g/mol. The Hall–Kier alpha value is -2.60. The molecule has 0 radical (unpaired) electrons. The van der Waals surface area contributed by atoms with Crippen LogP contribution in [-0.4, -0.2) is 12.1 Å². The summed E-state index contributed by atoms with van der Waals surface area (Å²) in [4.78, 5) is 11.8. The molecule has 23 heavy (non-hydrogen) atoms. The maximum atomic E-state index is 11.8. The molecule has 0 aliphatic rings. The fourth-order valence-electron chi connectivity index (χ4n) is 1.96. The molecule has 2 heterocycles. The first kappa shape index (κ1) is 15.3. The Bertz CT molecular complexity index is 847. The Morgan fingerprint density at radius 1 is 1.09 bits per heavy atom. The van der Waals surface area contributed by atoms with E-state index in [1.54, 1.807) is 25.1 Å². The Labute approximate surface area is 141 Å². The van der Waals surface area contributed by atoms with Crippen LogP contribution in [0.25, 0.3) is 11.3 Å². The first-order valence-electron chi connectivity index (χ1n) is 6.87. The number of benzene rings is 1. The van der Waals surface area contributed by atoms with E-state index in [1.807, 2.05) is 30.3 Å². The first-order valence-corrected chi connectivity index (χ1v) is 7.67. The molecule has 0 saturated carbocycles. The molecular formula is C17H13BrN2O3. The lowest BCUT2D eigenvalue weighted by atomic mass is 10.2. The van der Waals surface area contributed by atoms with Crippen molar-refractivity contribution >= 4 is 28.1 Å². The fourth-order valence-corrected chi connectivity index (χ4v) is 2.22. The second kappa shape index (κ2) is 6.66. The largest absolute Gasteiger partial charge is 0.456 e. The van der Waals surface area contributed by atoms with E-state index < -0.39 is 5.91 Å². The van der Waals surface area contributed by atoms with Crippen molar-refractivity contribution in [3.8, 4) is 11.3 Å². The molecule has 116 valence electrons. The van der Waals surface area contributed by atoms with Crippen molar-refractivity contribution in [2.75, 3.05) is 0 Å². The molecule has 2 aromatic heterocycles. The van der Waals surface area contributed by atoms with Gasteiger partial charge in [0.15, 0.2) is 5.76 Å². The highest BCUT2D eigenvalue weighted by atomic mass is 79.9. The number of hydrogen-bond donors (Lipinski definition) is 1. The van der Waals surface area contributed by atoms with Crippen LogP contribution >= 0.6 is 15.9 Å². The SMILES string of the molecule is Cc1ccc(C(=O)NN=Cc2ccc(-c3ccc(Br)cc3)o2)o1. The van der Waals surface area contributed by atoms with E-state index in [1.165, 1.54) is 6.21 Å². The van der Waals surface area contributed by atoms with Crippen molar-refractivity contribution in [3.63, 3.8) is 0 Å². The zero-order valence-corrected chi connectivity index (χ0v) is 13.8. The summed E-state index contributed by atoms with van der Waals surface area (Å²) in [6, 6.07) is 14.7. The minimum atomic E-state index is -0.408. The summed E-state index contributed by atoms with van der Waals surface area (Å²) in [7, 11) is 0. The van der Waals surface area contributed by atoms with E-state index in [4.69, 9.17) is 8.83 Å². The molecule has 1 N–H and O–H groups in total. The van der Waals surface area contributed by atoms with Gasteiger partial charge >= 0.3 is 5.91 Å². The molecule has 0 aliphatic carbocycles. The number of nitrogens with zero attached hydrogens (tertiary/aromatic N) is 1. The Morgan fingerprint density at radius 3 is 2.57 bits per heavy atom. The molecule has 3 rings (SSSR count).